The van der Waals surface area contributed by atoms with Crippen LogP contribution in [0.1, 0.15) is 110 Å². The number of para-hydroxylation sites is 4. The van der Waals surface area contributed by atoms with Gasteiger partial charge in [-0.25, -0.2) is 19.1 Å². The third kappa shape index (κ3) is 10.7. The van der Waals surface area contributed by atoms with E-state index in [1.165, 1.54) is 125 Å². The zero-order valence-electron chi connectivity index (χ0n) is 23.7. The van der Waals surface area contributed by atoms with E-state index in [0.717, 1.165) is 6.54 Å². The van der Waals surface area contributed by atoms with Crippen LogP contribution in [0.15, 0.2) is 61.2 Å². The average Bonchev–Trinajstić information content (AvgIpc) is 3.52. The Bertz CT molecular complexity index is 1110. The van der Waals surface area contributed by atoms with E-state index >= 15 is 0 Å². The summed E-state index contributed by atoms with van der Waals surface area (Å²) < 4.78 is 4.43. The Morgan fingerprint density at radius 1 is 0.514 bits per heavy atom. The third-order valence-corrected chi connectivity index (χ3v) is 7.54. The Hall–Kier alpha value is -2.62. The molecule has 2 aromatic heterocycles. The number of benzene rings is 2. The molecule has 2 heterocycles. The summed E-state index contributed by atoms with van der Waals surface area (Å²) in [5.74, 6) is 0. The van der Waals surface area contributed by atoms with Crippen molar-refractivity contribution in [1.82, 2.24) is 9.97 Å². The van der Waals surface area contributed by atoms with Crippen LogP contribution in [0, 0.1) is 0 Å². The van der Waals surface area contributed by atoms with E-state index in [2.05, 4.69) is 68.8 Å². The van der Waals surface area contributed by atoms with Gasteiger partial charge in [0.05, 0.1) is 13.6 Å². The van der Waals surface area contributed by atoms with Gasteiger partial charge in [0.25, 0.3) is 0 Å². The zero-order chi connectivity index (χ0) is 26.0. The first-order valence-electron chi connectivity index (χ1n) is 15.2. The average molecular weight is 505 g/mol. The minimum absolute atomic E-state index is 1.14. The Balaban J connectivity index is 0.000000313. The van der Waals surface area contributed by atoms with Crippen LogP contribution in [0.4, 0.5) is 0 Å². The molecule has 4 heteroatoms. The number of rotatable bonds is 17. The fourth-order valence-corrected chi connectivity index (χ4v) is 5.22. The summed E-state index contributed by atoms with van der Waals surface area (Å²) in [5, 5.41) is 0. The topological polar surface area (TPSA) is 39.3 Å². The van der Waals surface area contributed by atoms with Crippen LogP contribution in [-0.2, 0) is 13.6 Å². The Labute approximate surface area is 225 Å². The van der Waals surface area contributed by atoms with Crippen molar-refractivity contribution in [2.24, 2.45) is 7.05 Å². The molecule has 0 aliphatic heterocycles. The van der Waals surface area contributed by atoms with Crippen molar-refractivity contribution in [3.63, 3.8) is 0 Å². The Morgan fingerprint density at radius 2 is 0.946 bits per heavy atom. The van der Waals surface area contributed by atoms with Gasteiger partial charge in [0.15, 0.2) is 22.1 Å². The number of nitrogens with one attached hydrogen (secondary N) is 2. The zero-order valence-corrected chi connectivity index (χ0v) is 23.7. The van der Waals surface area contributed by atoms with Gasteiger partial charge in [-0.2, -0.15) is 0 Å². The number of H-pyrrole nitrogens is 2. The van der Waals surface area contributed by atoms with Gasteiger partial charge in [0.1, 0.15) is 0 Å². The van der Waals surface area contributed by atoms with Gasteiger partial charge in [-0.15, -0.1) is 0 Å². The maximum absolute atomic E-state index is 3.36. The van der Waals surface area contributed by atoms with E-state index in [9.17, 15) is 0 Å². The summed E-state index contributed by atoms with van der Waals surface area (Å²) >= 11 is 0. The smallest absolute Gasteiger partial charge is 0.242 e. The molecule has 0 atom stereocenters. The number of hydrogen-bond acceptors (Lipinski definition) is 0. The van der Waals surface area contributed by atoms with Crippen LogP contribution in [0.3, 0.4) is 0 Å². The highest BCUT2D eigenvalue weighted by molar-refractivity contribution is 5.70. The fraction of sp³-hybridized carbons (Fsp3) is 0.576. The van der Waals surface area contributed by atoms with Gasteiger partial charge in [-0.3, -0.25) is 0 Å². The maximum Gasteiger partial charge on any atom is 0.242 e. The van der Waals surface area contributed by atoms with E-state index in [0.29, 0.717) is 0 Å². The molecule has 0 radical (unpaired) electrons. The third-order valence-electron chi connectivity index (χ3n) is 7.54. The van der Waals surface area contributed by atoms with Crippen LogP contribution in [0.5, 0.6) is 0 Å². The van der Waals surface area contributed by atoms with Crippen LogP contribution in [0.25, 0.3) is 22.1 Å². The Kier molecular flexibility index (Phi) is 13.9. The number of hydrogen-bond donors (Lipinski definition) is 2. The molecule has 0 unspecified atom stereocenters. The first kappa shape index (κ1) is 28.9. The predicted molar refractivity (Wildman–Crippen MR) is 158 cm³/mol. The highest BCUT2D eigenvalue weighted by Gasteiger charge is 2.07. The largest absolute Gasteiger partial charge is 0.243 e. The molecule has 0 bridgehead atoms. The summed E-state index contributed by atoms with van der Waals surface area (Å²) in [7, 11) is 2.03. The van der Waals surface area contributed by atoms with Crippen molar-refractivity contribution in [3.05, 3.63) is 61.2 Å². The lowest BCUT2D eigenvalue weighted by molar-refractivity contribution is -0.671. The molecule has 0 fully saturated rings. The predicted octanol–water partition coefficient (Wildman–Crippen LogP) is 8.71. The summed E-state index contributed by atoms with van der Waals surface area (Å²) in [4.78, 5) is 6.51. The van der Waals surface area contributed by atoms with Crippen molar-refractivity contribution in [2.45, 2.75) is 116 Å². The first-order chi connectivity index (χ1) is 18.3. The molecule has 202 valence electrons. The number of unbranched alkanes of at least 4 members (excludes halogenated alkanes) is 15. The van der Waals surface area contributed by atoms with Crippen LogP contribution in [-0.4, -0.2) is 9.97 Å². The SMILES string of the molecule is CCCCCCCCCCCCCCCCCC[n+]1c[nH]c2ccccc21.C[n+]1c[nH]c2ccccc21. The second-order valence-electron chi connectivity index (χ2n) is 10.7. The minimum Gasteiger partial charge on any atom is -0.243 e. The number of nitrogens with zero attached hydrogens (tertiary/aromatic N) is 2. The summed E-state index contributed by atoms with van der Waals surface area (Å²) in [6, 6.07) is 16.8. The summed E-state index contributed by atoms with van der Waals surface area (Å²) in [5.41, 5.74) is 5.00. The molecule has 0 aliphatic rings. The first-order valence-corrected chi connectivity index (χ1v) is 15.2. The molecule has 4 rings (SSSR count). The molecule has 4 aromatic rings. The van der Waals surface area contributed by atoms with Gasteiger partial charge >= 0.3 is 0 Å². The van der Waals surface area contributed by atoms with E-state index < -0.39 is 0 Å². The highest BCUT2D eigenvalue weighted by Crippen LogP contribution is 2.14. The number of aromatic amines is 2. The Morgan fingerprint density at radius 3 is 1.49 bits per heavy atom. The minimum atomic E-state index is 1.14. The normalized spacial score (nSPS) is 11.2. The molecule has 0 aliphatic carbocycles. The van der Waals surface area contributed by atoms with E-state index in [4.69, 9.17) is 0 Å². The van der Waals surface area contributed by atoms with Crippen molar-refractivity contribution in [1.29, 1.82) is 0 Å². The lowest BCUT2D eigenvalue weighted by atomic mass is 10.0. The molecule has 37 heavy (non-hydrogen) atoms. The van der Waals surface area contributed by atoms with E-state index in [-0.39, 0.29) is 0 Å². The number of aromatic nitrogens is 4. The summed E-state index contributed by atoms with van der Waals surface area (Å²) in [6.45, 7) is 3.44. The van der Waals surface area contributed by atoms with Crippen LogP contribution in [0.2, 0.25) is 0 Å². The quantitative estimate of drug-likeness (QED) is 0.107. The van der Waals surface area contributed by atoms with Crippen LogP contribution < -0.4 is 9.13 Å². The van der Waals surface area contributed by atoms with E-state index in [1.807, 2.05) is 25.5 Å². The van der Waals surface area contributed by atoms with Crippen molar-refractivity contribution < 1.29 is 9.13 Å². The van der Waals surface area contributed by atoms with Gasteiger partial charge in [-0.05, 0) is 37.1 Å². The maximum atomic E-state index is 3.36. The second kappa shape index (κ2) is 17.8. The van der Waals surface area contributed by atoms with Crippen molar-refractivity contribution in [2.75, 3.05) is 0 Å². The fourth-order valence-electron chi connectivity index (χ4n) is 5.22. The number of aryl methyl sites for hydroxylation is 2. The highest BCUT2D eigenvalue weighted by atomic mass is 15.0. The van der Waals surface area contributed by atoms with Gasteiger partial charge in [-0.1, -0.05) is 121 Å². The second-order valence-corrected chi connectivity index (χ2v) is 10.7. The molecule has 0 saturated heterocycles. The number of fused-ring (bicyclic) bond motifs is 2. The standard InChI is InChI=1S/C25H42N2.C8H8N2/c1-2-3-4-5-6-7-8-9-10-11-12-13-14-15-16-19-22-27-23-26-24-20-17-18-21-25(24)27;1-10-6-9-7-4-2-3-5-8(7)10/h17-18,20-21,23H,2-16,19,22H2,1H3;2-6H,1H3/p+2. The molecule has 2 aromatic carbocycles. The van der Waals surface area contributed by atoms with Crippen molar-refractivity contribution >= 4 is 22.1 Å². The van der Waals surface area contributed by atoms with Crippen LogP contribution >= 0.6 is 0 Å². The molecule has 0 amide bonds. The lowest BCUT2D eigenvalue weighted by Crippen LogP contribution is -2.31. The van der Waals surface area contributed by atoms with Gasteiger partial charge in [0, 0.05) is 0 Å². The monoisotopic (exact) mass is 504 g/mol. The van der Waals surface area contributed by atoms with Gasteiger partial charge in [0.2, 0.25) is 12.7 Å². The molecule has 2 N–H and O–H groups in total. The molecule has 0 spiro atoms. The van der Waals surface area contributed by atoms with Crippen molar-refractivity contribution in [3.8, 4) is 0 Å². The number of imidazole rings is 2. The summed E-state index contributed by atoms with van der Waals surface area (Å²) in [6.07, 6.45) is 27.0. The molecular weight excluding hydrogens is 452 g/mol. The molecule has 4 nitrogen and oxygen atoms in total. The lowest BCUT2D eigenvalue weighted by Gasteiger charge is -2.03. The molecular formula is C33H52N4+2. The van der Waals surface area contributed by atoms with E-state index in [1.54, 1.807) is 0 Å². The van der Waals surface area contributed by atoms with Gasteiger partial charge < -0.3 is 0 Å². The molecule has 0 saturated carbocycles.